The molecule has 1 aliphatic rings. The van der Waals surface area contributed by atoms with Crippen LogP contribution in [0.25, 0.3) is 33.7 Å². The Hall–Kier alpha value is -2.08. The maximum atomic E-state index is 2.34. The highest BCUT2D eigenvalue weighted by Crippen LogP contribution is 2.46. The molecule has 0 aromatic heterocycles. The van der Waals surface area contributed by atoms with Crippen molar-refractivity contribution in [1.82, 2.24) is 0 Å². The lowest BCUT2D eigenvalue weighted by atomic mass is 9.81. The van der Waals surface area contributed by atoms with E-state index >= 15 is 0 Å². The predicted molar refractivity (Wildman–Crippen MR) is 108 cm³/mol. The Kier molecular flexibility index (Phi) is 3.04. The molecule has 0 heterocycles. The fraction of sp³-hybridized carbons (Fsp3) is 0.333. The molecule has 0 atom stereocenters. The van der Waals surface area contributed by atoms with Crippen LogP contribution in [0.2, 0.25) is 0 Å². The molecule has 0 N–H and O–H groups in total. The van der Waals surface area contributed by atoms with Gasteiger partial charge in [0.2, 0.25) is 0 Å². The molecule has 0 heteroatoms. The lowest BCUT2D eigenvalue weighted by Crippen LogP contribution is -2.01. The van der Waals surface area contributed by atoms with Gasteiger partial charge in [-0.05, 0) is 133 Å². The molecule has 0 saturated carbocycles. The number of rotatable bonds is 0. The third kappa shape index (κ3) is 1.59. The monoisotopic (exact) mass is 314 g/mol. The lowest BCUT2D eigenvalue weighted by molar-refractivity contribution is 1.24. The molecule has 0 radical (unpaired) electrons. The molecule has 122 valence electrons. The van der Waals surface area contributed by atoms with E-state index in [1.54, 1.807) is 0 Å². The number of fused-ring (bicyclic) bond motifs is 2. The Morgan fingerprint density at radius 1 is 0.333 bits per heavy atom. The summed E-state index contributed by atoms with van der Waals surface area (Å²) in [6.45, 7) is 18.3. The second-order valence-electron chi connectivity index (χ2n) is 7.66. The van der Waals surface area contributed by atoms with Crippen LogP contribution in [0.5, 0.6) is 0 Å². The van der Waals surface area contributed by atoms with E-state index in [1.165, 1.54) is 77.2 Å². The number of aryl methyl sites for hydroxylation is 4. The first-order valence-corrected chi connectivity index (χ1v) is 8.91. The molecule has 0 fully saturated rings. The Labute approximate surface area is 145 Å². The average Bonchev–Trinajstić information content (AvgIpc) is 3.00. The summed E-state index contributed by atoms with van der Waals surface area (Å²) in [5, 5.41) is 5.92. The number of benzene rings is 3. The van der Waals surface area contributed by atoms with Crippen molar-refractivity contribution in [3.05, 3.63) is 55.6 Å². The van der Waals surface area contributed by atoms with Crippen LogP contribution in [-0.2, 0) is 0 Å². The molecule has 3 aromatic carbocycles. The SMILES string of the molecule is Cc1c(C)c(C)c2c(c1C)c(C)c1c3c(c(C)c(C)c(C)c32)C=C1. The van der Waals surface area contributed by atoms with Gasteiger partial charge in [-0.3, -0.25) is 0 Å². The Balaban J connectivity index is 2.49. The molecular formula is C24H26. The largest absolute Gasteiger partial charge is 0.0534 e. The summed E-state index contributed by atoms with van der Waals surface area (Å²) in [4.78, 5) is 0. The summed E-state index contributed by atoms with van der Waals surface area (Å²) in [6.07, 6.45) is 4.66. The van der Waals surface area contributed by atoms with Crippen LogP contribution in [0.15, 0.2) is 0 Å². The molecule has 0 bridgehead atoms. The van der Waals surface area contributed by atoms with E-state index < -0.39 is 0 Å². The van der Waals surface area contributed by atoms with Crippen LogP contribution in [0.1, 0.15) is 55.6 Å². The van der Waals surface area contributed by atoms with Gasteiger partial charge in [-0.15, -0.1) is 0 Å². The fourth-order valence-electron chi connectivity index (χ4n) is 4.77. The van der Waals surface area contributed by atoms with Gasteiger partial charge < -0.3 is 0 Å². The molecule has 0 aliphatic heterocycles. The maximum absolute atomic E-state index is 2.34. The molecular weight excluding hydrogens is 288 g/mol. The van der Waals surface area contributed by atoms with Gasteiger partial charge in [-0.2, -0.15) is 0 Å². The standard InChI is InChI=1S/C24H26/c1-11-12(2)16(6)22-21(15(11)5)18(8)20-10-9-19-14(4)13(3)17(7)23(22)24(19)20/h9-10H,1-8H3. The minimum absolute atomic E-state index is 1.43. The van der Waals surface area contributed by atoms with Crippen LogP contribution in [-0.4, -0.2) is 0 Å². The van der Waals surface area contributed by atoms with Crippen molar-refractivity contribution in [2.45, 2.75) is 55.4 Å². The van der Waals surface area contributed by atoms with Gasteiger partial charge in [0.05, 0.1) is 0 Å². The molecule has 0 saturated heterocycles. The highest BCUT2D eigenvalue weighted by Gasteiger charge is 2.23. The number of hydrogen-bond acceptors (Lipinski definition) is 0. The van der Waals surface area contributed by atoms with E-state index in [0.29, 0.717) is 0 Å². The normalized spacial score (nSPS) is 12.8. The number of hydrogen-bond donors (Lipinski definition) is 0. The van der Waals surface area contributed by atoms with Crippen LogP contribution in [0, 0.1) is 55.4 Å². The first kappa shape index (κ1) is 15.4. The first-order chi connectivity index (χ1) is 11.3. The zero-order valence-electron chi connectivity index (χ0n) is 16.2. The maximum Gasteiger partial charge on any atom is -0.00241 e. The van der Waals surface area contributed by atoms with Gasteiger partial charge in [0, 0.05) is 0 Å². The third-order valence-electron chi connectivity index (χ3n) is 6.83. The van der Waals surface area contributed by atoms with E-state index in [4.69, 9.17) is 0 Å². The summed E-state index contributed by atoms with van der Waals surface area (Å²) >= 11 is 0. The smallest absolute Gasteiger partial charge is 0.00241 e. The molecule has 24 heavy (non-hydrogen) atoms. The zero-order valence-corrected chi connectivity index (χ0v) is 16.2. The van der Waals surface area contributed by atoms with Crippen molar-refractivity contribution in [2.75, 3.05) is 0 Å². The van der Waals surface area contributed by atoms with Crippen molar-refractivity contribution in [2.24, 2.45) is 0 Å². The second kappa shape index (κ2) is 4.72. The molecule has 4 rings (SSSR count). The Bertz CT molecular complexity index is 1100. The van der Waals surface area contributed by atoms with E-state index in [-0.39, 0.29) is 0 Å². The van der Waals surface area contributed by atoms with E-state index in [1.807, 2.05) is 0 Å². The van der Waals surface area contributed by atoms with Crippen molar-refractivity contribution >= 4 is 33.7 Å². The minimum atomic E-state index is 1.43. The highest BCUT2D eigenvalue weighted by molar-refractivity contribution is 6.22. The van der Waals surface area contributed by atoms with E-state index in [9.17, 15) is 0 Å². The van der Waals surface area contributed by atoms with Crippen LogP contribution in [0.3, 0.4) is 0 Å². The average molecular weight is 314 g/mol. The van der Waals surface area contributed by atoms with E-state index in [2.05, 4.69) is 67.5 Å². The van der Waals surface area contributed by atoms with Gasteiger partial charge in [-0.25, -0.2) is 0 Å². The topological polar surface area (TPSA) is 0 Å². The van der Waals surface area contributed by atoms with Gasteiger partial charge in [0.1, 0.15) is 0 Å². The van der Waals surface area contributed by atoms with Crippen LogP contribution >= 0.6 is 0 Å². The quantitative estimate of drug-likeness (QED) is 0.308. The highest BCUT2D eigenvalue weighted by atomic mass is 14.3. The van der Waals surface area contributed by atoms with Crippen molar-refractivity contribution < 1.29 is 0 Å². The van der Waals surface area contributed by atoms with Crippen molar-refractivity contribution in [3.63, 3.8) is 0 Å². The lowest BCUT2D eigenvalue weighted by Gasteiger charge is -2.22. The Morgan fingerprint density at radius 3 is 1.25 bits per heavy atom. The summed E-state index contributed by atoms with van der Waals surface area (Å²) < 4.78 is 0. The summed E-state index contributed by atoms with van der Waals surface area (Å²) in [7, 11) is 0. The molecule has 3 aromatic rings. The van der Waals surface area contributed by atoms with Gasteiger partial charge in [0.25, 0.3) is 0 Å². The third-order valence-corrected chi connectivity index (χ3v) is 6.83. The summed E-state index contributed by atoms with van der Waals surface area (Å²) in [5.41, 5.74) is 14.4. The zero-order chi connectivity index (χ0) is 17.5. The van der Waals surface area contributed by atoms with E-state index in [0.717, 1.165) is 0 Å². The van der Waals surface area contributed by atoms with Crippen molar-refractivity contribution in [3.8, 4) is 0 Å². The molecule has 0 spiro atoms. The summed E-state index contributed by atoms with van der Waals surface area (Å²) in [5.74, 6) is 0. The fourth-order valence-corrected chi connectivity index (χ4v) is 4.77. The van der Waals surface area contributed by atoms with Crippen LogP contribution < -0.4 is 0 Å². The second-order valence-corrected chi connectivity index (χ2v) is 7.66. The van der Waals surface area contributed by atoms with Gasteiger partial charge in [-0.1, -0.05) is 12.2 Å². The van der Waals surface area contributed by atoms with Gasteiger partial charge >= 0.3 is 0 Å². The minimum Gasteiger partial charge on any atom is -0.0534 e. The van der Waals surface area contributed by atoms with Crippen molar-refractivity contribution in [1.29, 1.82) is 0 Å². The summed E-state index contributed by atoms with van der Waals surface area (Å²) in [6, 6.07) is 0. The Morgan fingerprint density at radius 2 is 0.708 bits per heavy atom. The molecule has 1 aliphatic carbocycles. The van der Waals surface area contributed by atoms with Crippen LogP contribution in [0.4, 0.5) is 0 Å². The van der Waals surface area contributed by atoms with Gasteiger partial charge in [0.15, 0.2) is 0 Å². The molecule has 0 nitrogen and oxygen atoms in total. The predicted octanol–water partition coefficient (Wildman–Crippen LogP) is 6.94. The molecule has 0 amide bonds. The molecule has 0 unspecified atom stereocenters. The first-order valence-electron chi connectivity index (χ1n) is 8.91.